The van der Waals surface area contributed by atoms with Crippen molar-refractivity contribution in [1.82, 2.24) is 5.32 Å². The van der Waals surface area contributed by atoms with Crippen LogP contribution in [0.5, 0.6) is 0 Å². The van der Waals surface area contributed by atoms with E-state index in [1.54, 1.807) is 0 Å². The first-order valence-corrected chi connectivity index (χ1v) is 10.9. The Hall–Kier alpha value is -4.24. The summed E-state index contributed by atoms with van der Waals surface area (Å²) in [6, 6.07) is 17.4. The average molecular weight is 478 g/mol. The predicted molar refractivity (Wildman–Crippen MR) is 126 cm³/mol. The highest BCUT2D eigenvalue weighted by atomic mass is 19.1. The lowest BCUT2D eigenvalue weighted by atomic mass is 9.98. The van der Waals surface area contributed by atoms with Crippen LogP contribution in [-0.4, -0.2) is 46.9 Å². The molecule has 4 rings (SSSR count). The largest absolute Gasteiger partial charge is 0.480 e. The number of amides is 2. The Morgan fingerprint density at radius 3 is 2.14 bits per heavy atom. The standard InChI is InChI=1S/C26H23FN2O6/c1-14(30)23(25(32)33)29-24(31)15-10-11-22(21(27)12-15)28-26(34)35-13-20-18-8-4-2-6-16(18)17-7-3-5-9-19(17)20/h2-12,14,20,23,30H,13H2,1H3,(H,28,34)(H,29,31)(H,32,33)/t14-,23+/m1/s1. The molecular formula is C26H23FN2O6. The molecule has 0 unspecified atom stereocenters. The van der Waals surface area contributed by atoms with Crippen molar-refractivity contribution in [3.8, 4) is 11.1 Å². The van der Waals surface area contributed by atoms with E-state index in [-0.39, 0.29) is 23.8 Å². The van der Waals surface area contributed by atoms with Crippen LogP contribution in [0, 0.1) is 5.82 Å². The number of anilines is 1. The summed E-state index contributed by atoms with van der Waals surface area (Å²) in [4.78, 5) is 35.8. The van der Waals surface area contributed by atoms with Gasteiger partial charge in [0.2, 0.25) is 0 Å². The van der Waals surface area contributed by atoms with Crippen molar-refractivity contribution in [1.29, 1.82) is 0 Å². The summed E-state index contributed by atoms with van der Waals surface area (Å²) in [6.07, 6.45) is -2.21. The van der Waals surface area contributed by atoms with Gasteiger partial charge in [0.1, 0.15) is 12.4 Å². The molecule has 2 amide bonds. The van der Waals surface area contributed by atoms with Gasteiger partial charge >= 0.3 is 12.1 Å². The molecule has 0 aromatic heterocycles. The Labute approximate surface area is 200 Å². The SMILES string of the molecule is C[C@@H](O)[C@H](NC(=O)c1ccc(NC(=O)OCC2c3ccccc3-c3ccccc32)c(F)c1)C(=O)O. The van der Waals surface area contributed by atoms with E-state index in [1.807, 2.05) is 48.5 Å². The quantitative estimate of drug-likeness (QED) is 0.410. The van der Waals surface area contributed by atoms with E-state index >= 15 is 0 Å². The minimum absolute atomic E-state index is 0.0535. The molecule has 3 aromatic carbocycles. The van der Waals surface area contributed by atoms with Crippen molar-refractivity contribution in [2.75, 3.05) is 11.9 Å². The third kappa shape index (κ3) is 4.99. The molecule has 0 radical (unpaired) electrons. The van der Waals surface area contributed by atoms with Gasteiger partial charge in [-0.05, 0) is 47.4 Å². The smallest absolute Gasteiger partial charge is 0.411 e. The van der Waals surface area contributed by atoms with Gasteiger partial charge in [-0.3, -0.25) is 10.1 Å². The van der Waals surface area contributed by atoms with Crippen molar-refractivity contribution >= 4 is 23.7 Å². The number of benzene rings is 3. The van der Waals surface area contributed by atoms with Crippen molar-refractivity contribution < 1.29 is 33.7 Å². The number of carboxylic acids is 1. The number of fused-ring (bicyclic) bond motifs is 3. The Morgan fingerprint density at radius 1 is 1.00 bits per heavy atom. The number of nitrogens with one attached hydrogen (secondary N) is 2. The van der Waals surface area contributed by atoms with Crippen LogP contribution in [0.25, 0.3) is 11.1 Å². The molecule has 9 heteroatoms. The molecule has 0 aliphatic heterocycles. The van der Waals surface area contributed by atoms with E-state index in [0.717, 1.165) is 28.3 Å². The molecule has 4 N–H and O–H groups in total. The number of rotatable bonds is 7. The number of hydrogen-bond donors (Lipinski definition) is 4. The fourth-order valence-electron chi connectivity index (χ4n) is 4.12. The second kappa shape index (κ2) is 9.94. The number of carbonyl (C=O) groups is 3. The summed E-state index contributed by atoms with van der Waals surface area (Å²) < 4.78 is 19.9. The minimum atomic E-state index is -1.55. The highest BCUT2D eigenvalue weighted by Crippen LogP contribution is 2.44. The Bertz CT molecular complexity index is 1250. The van der Waals surface area contributed by atoms with E-state index in [2.05, 4.69) is 10.6 Å². The monoisotopic (exact) mass is 478 g/mol. The highest BCUT2D eigenvalue weighted by Gasteiger charge is 2.29. The number of carbonyl (C=O) groups excluding carboxylic acids is 2. The van der Waals surface area contributed by atoms with Crippen LogP contribution in [-0.2, 0) is 9.53 Å². The molecule has 1 aliphatic carbocycles. The first kappa shape index (κ1) is 23.9. The Kier molecular flexibility index (Phi) is 6.79. The number of ether oxygens (including phenoxy) is 1. The van der Waals surface area contributed by atoms with Crippen molar-refractivity contribution in [3.05, 3.63) is 89.2 Å². The third-order valence-corrected chi connectivity index (χ3v) is 5.85. The zero-order chi connectivity index (χ0) is 25.1. The minimum Gasteiger partial charge on any atom is -0.480 e. The van der Waals surface area contributed by atoms with Crippen LogP contribution in [0.2, 0.25) is 0 Å². The van der Waals surface area contributed by atoms with Crippen molar-refractivity contribution in [3.63, 3.8) is 0 Å². The number of aliphatic carboxylic acids is 1. The van der Waals surface area contributed by atoms with E-state index in [1.165, 1.54) is 19.1 Å². The fraction of sp³-hybridized carbons (Fsp3) is 0.192. The molecular weight excluding hydrogens is 455 g/mol. The van der Waals surface area contributed by atoms with Crippen LogP contribution in [0.4, 0.5) is 14.9 Å². The number of aliphatic hydroxyl groups is 1. The second-order valence-electron chi connectivity index (χ2n) is 8.18. The van der Waals surface area contributed by atoms with Gasteiger partial charge in [0.15, 0.2) is 6.04 Å². The van der Waals surface area contributed by atoms with Gasteiger partial charge < -0.3 is 20.3 Å². The molecule has 35 heavy (non-hydrogen) atoms. The first-order chi connectivity index (χ1) is 16.8. The molecule has 0 heterocycles. The second-order valence-corrected chi connectivity index (χ2v) is 8.18. The molecule has 2 atom stereocenters. The van der Waals surface area contributed by atoms with E-state index in [0.29, 0.717) is 0 Å². The summed E-state index contributed by atoms with van der Waals surface area (Å²) in [6.45, 7) is 1.26. The summed E-state index contributed by atoms with van der Waals surface area (Å²) in [5.74, 6) is -3.37. The molecule has 0 spiro atoms. The van der Waals surface area contributed by atoms with Gasteiger partial charge in [-0.2, -0.15) is 0 Å². The molecule has 0 fully saturated rings. The number of hydrogen-bond acceptors (Lipinski definition) is 5. The average Bonchev–Trinajstić information content (AvgIpc) is 3.15. The lowest BCUT2D eigenvalue weighted by Crippen LogP contribution is -2.47. The van der Waals surface area contributed by atoms with Gasteiger partial charge in [0.05, 0.1) is 11.8 Å². The molecule has 8 nitrogen and oxygen atoms in total. The Balaban J connectivity index is 1.40. The van der Waals surface area contributed by atoms with Crippen molar-refractivity contribution in [2.45, 2.75) is 25.0 Å². The summed E-state index contributed by atoms with van der Waals surface area (Å²) in [5.41, 5.74) is 3.87. The molecule has 0 saturated heterocycles. The lowest BCUT2D eigenvalue weighted by molar-refractivity contribution is -0.141. The van der Waals surface area contributed by atoms with Crippen LogP contribution in [0.15, 0.2) is 66.7 Å². The highest BCUT2D eigenvalue weighted by molar-refractivity contribution is 5.97. The zero-order valence-corrected chi connectivity index (χ0v) is 18.7. The number of carboxylic acid groups (broad SMARTS) is 1. The van der Waals surface area contributed by atoms with Crippen LogP contribution in [0.3, 0.4) is 0 Å². The number of aliphatic hydroxyl groups excluding tert-OH is 1. The van der Waals surface area contributed by atoms with Crippen LogP contribution < -0.4 is 10.6 Å². The number of halogens is 1. The van der Waals surface area contributed by atoms with Crippen LogP contribution in [0.1, 0.15) is 34.3 Å². The van der Waals surface area contributed by atoms with E-state index in [4.69, 9.17) is 9.84 Å². The summed E-state index contributed by atoms with van der Waals surface area (Å²) >= 11 is 0. The summed E-state index contributed by atoms with van der Waals surface area (Å²) in [7, 11) is 0. The van der Waals surface area contributed by atoms with Gasteiger partial charge in [0, 0.05) is 11.5 Å². The molecule has 3 aromatic rings. The third-order valence-electron chi connectivity index (χ3n) is 5.85. The van der Waals surface area contributed by atoms with E-state index < -0.39 is 35.9 Å². The first-order valence-electron chi connectivity index (χ1n) is 10.9. The molecule has 0 bridgehead atoms. The fourth-order valence-corrected chi connectivity index (χ4v) is 4.12. The summed E-state index contributed by atoms with van der Waals surface area (Å²) in [5, 5.41) is 23.0. The molecule has 0 saturated carbocycles. The van der Waals surface area contributed by atoms with Gasteiger partial charge in [-0.25, -0.2) is 14.0 Å². The van der Waals surface area contributed by atoms with Gasteiger partial charge in [0.25, 0.3) is 5.91 Å². The molecule has 1 aliphatic rings. The maximum absolute atomic E-state index is 14.5. The van der Waals surface area contributed by atoms with Gasteiger partial charge in [-0.15, -0.1) is 0 Å². The zero-order valence-electron chi connectivity index (χ0n) is 18.7. The Morgan fingerprint density at radius 2 is 1.60 bits per heavy atom. The van der Waals surface area contributed by atoms with Crippen molar-refractivity contribution in [2.24, 2.45) is 0 Å². The van der Waals surface area contributed by atoms with Crippen LogP contribution >= 0.6 is 0 Å². The van der Waals surface area contributed by atoms with E-state index in [9.17, 15) is 23.9 Å². The maximum atomic E-state index is 14.5. The predicted octanol–water partition coefficient (Wildman–Crippen LogP) is 3.75. The lowest BCUT2D eigenvalue weighted by Gasteiger charge is -2.17. The maximum Gasteiger partial charge on any atom is 0.411 e. The molecule has 180 valence electrons. The normalized spacial score (nSPS) is 13.8. The topological polar surface area (TPSA) is 125 Å². The van der Waals surface area contributed by atoms with Gasteiger partial charge in [-0.1, -0.05) is 48.5 Å².